The molecule has 3 aliphatic rings. The minimum absolute atomic E-state index is 0.533. The third kappa shape index (κ3) is 2.84. The monoisotopic (exact) mass is 265 g/mol. The van der Waals surface area contributed by atoms with Crippen LogP contribution in [0.4, 0.5) is 0 Å². The molecule has 3 atom stereocenters. The molecule has 0 spiro atoms. The van der Waals surface area contributed by atoms with Gasteiger partial charge in [-0.2, -0.15) is 0 Å². The lowest BCUT2D eigenvalue weighted by Crippen LogP contribution is -2.60. The second-order valence-corrected chi connectivity index (χ2v) is 7.70. The van der Waals surface area contributed by atoms with Crippen molar-refractivity contribution in [1.29, 1.82) is 0 Å². The number of nitrogens with one attached hydrogen (secondary N) is 1. The van der Waals surface area contributed by atoms with Crippen LogP contribution < -0.4 is 5.32 Å². The van der Waals surface area contributed by atoms with Crippen molar-refractivity contribution in [3.8, 4) is 0 Å². The van der Waals surface area contributed by atoms with Gasteiger partial charge < -0.3 is 5.32 Å². The summed E-state index contributed by atoms with van der Waals surface area (Å²) in [6.07, 6.45) is 6.93. The highest BCUT2D eigenvalue weighted by Crippen LogP contribution is 2.38. The second kappa shape index (κ2) is 5.34. The lowest BCUT2D eigenvalue weighted by molar-refractivity contribution is 0.0167. The molecule has 19 heavy (non-hydrogen) atoms. The standard InChI is InChI=1S/C16H31N3/c1-16(2)7-6-14(17-3)15(11-16)19-10-9-18-8-4-5-13(18)12-19/h13-15,17H,4-12H2,1-3H3. The molecular formula is C16H31N3. The molecule has 1 aliphatic carbocycles. The minimum Gasteiger partial charge on any atom is -0.315 e. The van der Waals surface area contributed by atoms with Crippen LogP contribution in [-0.2, 0) is 0 Å². The fraction of sp³-hybridized carbons (Fsp3) is 1.00. The zero-order valence-electron chi connectivity index (χ0n) is 13.0. The second-order valence-electron chi connectivity index (χ2n) is 7.70. The lowest BCUT2D eigenvalue weighted by atomic mass is 9.72. The molecule has 1 saturated carbocycles. The van der Waals surface area contributed by atoms with Crippen molar-refractivity contribution < 1.29 is 0 Å². The van der Waals surface area contributed by atoms with Crippen molar-refractivity contribution in [2.45, 2.75) is 64.1 Å². The fourth-order valence-corrected chi connectivity index (χ4v) is 4.59. The van der Waals surface area contributed by atoms with Crippen LogP contribution in [0.3, 0.4) is 0 Å². The maximum atomic E-state index is 3.59. The zero-order valence-corrected chi connectivity index (χ0v) is 13.0. The molecule has 2 aliphatic heterocycles. The van der Waals surface area contributed by atoms with E-state index in [0.29, 0.717) is 11.5 Å². The molecule has 1 N–H and O–H groups in total. The Kier molecular flexibility index (Phi) is 3.89. The average Bonchev–Trinajstić information content (AvgIpc) is 2.85. The van der Waals surface area contributed by atoms with Crippen molar-refractivity contribution in [3.05, 3.63) is 0 Å². The summed E-state index contributed by atoms with van der Waals surface area (Å²) >= 11 is 0. The SMILES string of the molecule is CNC1CCC(C)(C)CC1N1CCN2CCCC2C1. The molecule has 2 saturated heterocycles. The van der Waals surface area contributed by atoms with Crippen molar-refractivity contribution in [1.82, 2.24) is 15.1 Å². The normalized spacial score (nSPS) is 40.3. The van der Waals surface area contributed by atoms with Crippen LogP contribution in [0.15, 0.2) is 0 Å². The van der Waals surface area contributed by atoms with E-state index in [-0.39, 0.29) is 0 Å². The molecule has 3 rings (SSSR count). The molecule has 0 aromatic heterocycles. The first kappa shape index (κ1) is 13.8. The predicted octanol–water partition coefficient (Wildman–Crippen LogP) is 1.93. The van der Waals surface area contributed by atoms with E-state index in [2.05, 4.69) is 36.0 Å². The van der Waals surface area contributed by atoms with Gasteiger partial charge >= 0.3 is 0 Å². The van der Waals surface area contributed by atoms with Gasteiger partial charge in [0.05, 0.1) is 0 Å². The number of fused-ring (bicyclic) bond motifs is 1. The first-order valence-electron chi connectivity index (χ1n) is 8.24. The summed E-state index contributed by atoms with van der Waals surface area (Å²) in [5.41, 5.74) is 0.533. The average molecular weight is 265 g/mol. The van der Waals surface area contributed by atoms with Crippen LogP contribution >= 0.6 is 0 Å². The van der Waals surface area contributed by atoms with Gasteiger partial charge in [-0.05, 0) is 51.1 Å². The van der Waals surface area contributed by atoms with E-state index in [1.54, 1.807) is 0 Å². The zero-order chi connectivity index (χ0) is 13.5. The number of rotatable bonds is 2. The maximum absolute atomic E-state index is 3.59. The molecule has 0 bridgehead atoms. The van der Waals surface area contributed by atoms with E-state index in [9.17, 15) is 0 Å². The molecule has 3 unspecified atom stereocenters. The predicted molar refractivity (Wildman–Crippen MR) is 80.4 cm³/mol. The Morgan fingerprint density at radius 2 is 1.84 bits per heavy atom. The summed E-state index contributed by atoms with van der Waals surface area (Å²) in [4.78, 5) is 5.54. The van der Waals surface area contributed by atoms with Gasteiger partial charge in [-0.3, -0.25) is 9.80 Å². The third-order valence-electron chi connectivity index (χ3n) is 5.82. The van der Waals surface area contributed by atoms with Crippen LogP contribution in [-0.4, -0.2) is 61.2 Å². The van der Waals surface area contributed by atoms with Crippen LogP contribution in [0.2, 0.25) is 0 Å². The van der Waals surface area contributed by atoms with Crippen LogP contribution in [0.1, 0.15) is 46.0 Å². The minimum atomic E-state index is 0.533. The molecule has 0 radical (unpaired) electrons. The smallest absolute Gasteiger partial charge is 0.0255 e. The van der Waals surface area contributed by atoms with Crippen LogP contribution in [0, 0.1) is 5.41 Å². The highest BCUT2D eigenvalue weighted by Gasteiger charge is 2.40. The first-order valence-corrected chi connectivity index (χ1v) is 8.24. The van der Waals surface area contributed by atoms with Crippen molar-refractivity contribution >= 4 is 0 Å². The quantitative estimate of drug-likeness (QED) is 0.823. The Balaban J connectivity index is 1.68. The summed E-state index contributed by atoms with van der Waals surface area (Å²) in [6.45, 7) is 10.2. The molecule has 3 nitrogen and oxygen atoms in total. The van der Waals surface area contributed by atoms with Crippen LogP contribution in [0.5, 0.6) is 0 Å². The number of nitrogens with zero attached hydrogens (tertiary/aromatic N) is 2. The molecular weight excluding hydrogens is 234 g/mol. The highest BCUT2D eigenvalue weighted by atomic mass is 15.3. The molecule has 0 aromatic rings. The largest absolute Gasteiger partial charge is 0.315 e. The van der Waals surface area contributed by atoms with Gasteiger partial charge in [0.15, 0.2) is 0 Å². The van der Waals surface area contributed by atoms with Gasteiger partial charge in [0.1, 0.15) is 0 Å². The maximum Gasteiger partial charge on any atom is 0.0255 e. The Hall–Kier alpha value is -0.120. The van der Waals surface area contributed by atoms with E-state index < -0.39 is 0 Å². The summed E-state index contributed by atoms with van der Waals surface area (Å²) in [6, 6.07) is 2.33. The highest BCUT2D eigenvalue weighted by molar-refractivity contribution is 4.97. The van der Waals surface area contributed by atoms with E-state index in [0.717, 1.165) is 12.1 Å². The van der Waals surface area contributed by atoms with Gasteiger partial charge in [0.2, 0.25) is 0 Å². The Bertz CT molecular complexity index is 315. The van der Waals surface area contributed by atoms with Gasteiger partial charge in [0, 0.05) is 37.8 Å². The number of hydrogen-bond acceptors (Lipinski definition) is 3. The Morgan fingerprint density at radius 1 is 1.05 bits per heavy atom. The van der Waals surface area contributed by atoms with E-state index in [1.807, 2.05) is 0 Å². The van der Waals surface area contributed by atoms with Crippen molar-refractivity contribution in [2.75, 3.05) is 33.2 Å². The summed E-state index contributed by atoms with van der Waals surface area (Å²) in [7, 11) is 2.15. The number of likely N-dealkylation sites (N-methyl/N-ethyl adjacent to an activating group) is 1. The topological polar surface area (TPSA) is 18.5 Å². The van der Waals surface area contributed by atoms with Gasteiger partial charge in [-0.1, -0.05) is 13.8 Å². The Morgan fingerprint density at radius 3 is 2.63 bits per heavy atom. The molecule has 3 heteroatoms. The molecule has 0 amide bonds. The van der Waals surface area contributed by atoms with Gasteiger partial charge in [-0.15, -0.1) is 0 Å². The Labute approximate surface area is 118 Å². The number of hydrogen-bond donors (Lipinski definition) is 1. The lowest BCUT2D eigenvalue weighted by Gasteiger charge is -2.49. The van der Waals surface area contributed by atoms with E-state index >= 15 is 0 Å². The van der Waals surface area contributed by atoms with Crippen molar-refractivity contribution in [2.24, 2.45) is 5.41 Å². The fourth-order valence-electron chi connectivity index (χ4n) is 4.59. The summed E-state index contributed by atoms with van der Waals surface area (Å²) in [5, 5.41) is 3.59. The first-order chi connectivity index (χ1) is 9.09. The molecule has 0 aromatic carbocycles. The molecule has 110 valence electrons. The van der Waals surface area contributed by atoms with Gasteiger partial charge in [-0.25, -0.2) is 0 Å². The third-order valence-corrected chi connectivity index (χ3v) is 5.82. The van der Waals surface area contributed by atoms with Crippen LogP contribution in [0.25, 0.3) is 0 Å². The number of piperazine rings is 1. The van der Waals surface area contributed by atoms with Gasteiger partial charge in [0.25, 0.3) is 0 Å². The van der Waals surface area contributed by atoms with E-state index in [4.69, 9.17) is 0 Å². The summed E-state index contributed by atoms with van der Waals surface area (Å²) < 4.78 is 0. The van der Waals surface area contributed by atoms with Crippen molar-refractivity contribution in [3.63, 3.8) is 0 Å². The summed E-state index contributed by atoms with van der Waals surface area (Å²) in [5.74, 6) is 0. The van der Waals surface area contributed by atoms with E-state index in [1.165, 1.54) is 58.3 Å². The molecule has 3 fully saturated rings. The molecule has 2 heterocycles.